The number of nitrogen functional groups attached to an aromatic ring is 1. The number of aromatic nitrogens is 4. The van der Waals surface area contributed by atoms with Crippen LogP contribution in [0.15, 0.2) is 59.1 Å². The summed E-state index contributed by atoms with van der Waals surface area (Å²) in [6, 6.07) is 16.1. The lowest BCUT2D eigenvalue weighted by Gasteiger charge is -2.09. The zero-order chi connectivity index (χ0) is 21.4. The second-order valence-electron chi connectivity index (χ2n) is 7.58. The average molecular weight is 415 g/mol. The molecule has 156 valence electrons. The summed E-state index contributed by atoms with van der Waals surface area (Å²) in [5.74, 6) is 1.92. The minimum Gasteiger partial charge on any atom is -0.382 e. The number of hydrogen-bond donors (Lipinski definition) is 1. The number of imidazole rings is 1. The van der Waals surface area contributed by atoms with Crippen LogP contribution in [0.1, 0.15) is 24.9 Å². The van der Waals surface area contributed by atoms with Gasteiger partial charge >= 0.3 is 0 Å². The molecule has 0 aliphatic heterocycles. The van der Waals surface area contributed by atoms with E-state index in [-0.39, 0.29) is 5.82 Å². The van der Waals surface area contributed by atoms with Crippen molar-refractivity contribution in [2.24, 2.45) is 0 Å². The topological polar surface area (TPSA) is 82.8 Å². The Bertz CT molecular complexity index is 1370. The Morgan fingerprint density at radius 1 is 1.03 bits per heavy atom. The fourth-order valence-corrected chi connectivity index (χ4v) is 3.97. The predicted molar refractivity (Wildman–Crippen MR) is 119 cm³/mol. The van der Waals surface area contributed by atoms with Gasteiger partial charge in [-0.3, -0.25) is 0 Å². The van der Waals surface area contributed by atoms with Crippen molar-refractivity contribution in [1.29, 1.82) is 0 Å². The van der Waals surface area contributed by atoms with Crippen molar-refractivity contribution in [2.45, 2.75) is 32.7 Å². The van der Waals surface area contributed by atoms with E-state index in [9.17, 15) is 4.39 Å². The van der Waals surface area contributed by atoms with Crippen molar-refractivity contribution in [2.75, 3.05) is 5.73 Å². The number of para-hydroxylation sites is 1. The SMILES string of the molecule is CCCc1nc2c(N)nc3ccccc3c2n1CCc1cc(-c2ccc(F)cc2)no1. The van der Waals surface area contributed by atoms with Crippen LogP contribution in [-0.4, -0.2) is 19.7 Å². The highest BCUT2D eigenvalue weighted by atomic mass is 19.1. The third kappa shape index (κ3) is 3.52. The molecule has 7 heteroatoms. The molecule has 0 unspecified atom stereocenters. The van der Waals surface area contributed by atoms with Gasteiger partial charge in [0.15, 0.2) is 5.82 Å². The minimum absolute atomic E-state index is 0.274. The number of aryl methyl sites for hydroxylation is 3. The Morgan fingerprint density at radius 2 is 1.84 bits per heavy atom. The van der Waals surface area contributed by atoms with Crippen molar-refractivity contribution >= 4 is 27.8 Å². The molecule has 0 saturated heterocycles. The Kier molecular flexibility index (Phi) is 4.86. The molecule has 6 nitrogen and oxygen atoms in total. The van der Waals surface area contributed by atoms with Gasteiger partial charge < -0.3 is 14.8 Å². The summed E-state index contributed by atoms with van der Waals surface area (Å²) in [6.07, 6.45) is 2.47. The molecule has 0 spiro atoms. The van der Waals surface area contributed by atoms with E-state index in [4.69, 9.17) is 15.2 Å². The highest BCUT2D eigenvalue weighted by Gasteiger charge is 2.17. The van der Waals surface area contributed by atoms with Crippen molar-refractivity contribution in [3.8, 4) is 11.3 Å². The summed E-state index contributed by atoms with van der Waals surface area (Å²) in [6.45, 7) is 2.81. The van der Waals surface area contributed by atoms with Crippen LogP contribution < -0.4 is 5.73 Å². The Morgan fingerprint density at radius 3 is 2.65 bits per heavy atom. The molecule has 31 heavy (non-hydrogen) atoms. The molecule has 3 heterocycles. The molecule has 0 fully saturated rings. The molecule has 0 aliphatic carbocycles. The van der Waals surface area contributed by atoms with Gasteiger partial charge in [0.2, 0.25) is 0 Å². The van der Waals surface area contributed by atoms with Crippen LogP contribution in [0, 0.1) is 5.82 Å². The van der Waals surface area contributed by atoms with Gasteiger partial charge in [0, 0.05) is 36.4 Å². The first-order valence-corrected chi connectivity index (χ1v) is 10.4. The Labute approximate surface area is 178 Å². The van der Waals surface area contributed by atoms with Crippen LogP contribution in [0.2, 0.25) is 0 Å². The first-order valence-electron chi connectivity index (χ1n) is 10.4. The Hall–Kier alpha value is -3.74. The lowest BCUT2D eigenvalue weighted by Crippen LogP contribution is -2.06. The normalized spacial score (nSPS) is 11.5. The fourth-order valence-electron chi connectivity index (χ4n) is 3.97. The second kappa shape index (κ2) is 7.83. The molecule has 2 N–H and O–H groups in total. The van der Waals surface area contributed by atoms with E-state index in [2.05, 4.69) is 27.7 Å². The molecule has 3 aromatic heterocycles. The number of rotatable bonds is 6. The smallest absolute Gasteiger partial charge is 0.152 e. The fraction of sp³-hybridized carbons (Fsp3) is 0.208. The second-order valence-corrected chi connectivity index (χ2v) is 7.58. The first-order chi connectivity index (χ1) is 15.1. The summed E-state index contributed by atoms with van der Waals surface area (Å²) in [7, 11) is 0. The van der Waals surface area contributed by atoms with Gasteiger partial charge in [-0.2, -0.15) is 0 Å². The number of benzene rings is 2. The number of nitrogens with zero attached hydrogens (tertiary/aromatic N) is 4. The van der Waals surface area contributed by atoms with E-state index in [0.29, 0.717) is 24.5 Å². The van der Waals surface area contributed by atoms with E-state index in [1.165, 1.54) is 12.1 Å². The van der Waals surface area contributed by atoms with E-state index in [1.54, 1.807) is 12.1 Å². The number of fused-ring (bicyclic) bond motifs is 3. The van der Waals surface area contributed by atoms with E-state index in [1.807, 2.05) is 24.3 Å². The summed E-state index contributed by atoms with van der Waals surface area (Å²) in [5, 5.41) is 5.18. The van der Waals surface area contributed by atoms with Gasteiger partial charge in [0.1, 0.15) is 28.6 Å². The number of nitrogens with two attached hydrogens (primary N) is 1. The van der Waals surface area contributed by atoms with Gasteiger partial charge in [0.25, 0.3) is 0 Å². The number of pyridine rings is 1. The summed E-state index contributed by atoms with van der Waals surface area (Å²) < 4.78 is 21.0. The molecule has 0 atom stereocenters. The van der Waals surface area contributed by atoms with Gasteiger partial charge in [-0.05, 0) is 36.8 Å². The predicted octanol–water partition coefficient (Wildman–Crippen LogP) is 5.16. The summed E-state index contributed by atoms with van der Waals surface area (Å²) in [4.78, 5) is 9.35. The third-order valence-electron chi connectivity index (χ3n) is 5.44. The summed E-state index contributed by atoms with van der Waals surface area (Å²) in [5.41, 5.74) is 10.4. The maximum absolute atomic E-state index is 13.2. The van der Waals surface area contributed by atoms with Crippen LogP contribution >= 0.6 is 0 Å². The number of anilines is 1. The Balaban J connectivity index is 1.51. The highest BCUT2D eigenvalue weighted by molar-refractivity contribution is 6.06. The van der Waals surface area contributed by atoms with Crippen LogP contribution in [0.25, 0.3) is 33.2 Å². The number of halogens is 1. The largest absolute Gasteiger partial charge is 0.382 e. The molecule has 0 radical (unpaired) electrons. The average Bonchev–Trinajstić information content (AvgIpc) is 3.39. The first kappa shape index (κ1) is 19.2. The van der Waals surface area contributed by atoms with E-state index >= 15 is 0 Å². The van der Waals surface area contributed by atoms with Crippen molar-refractivity contribution in [3.63, 3.8) is 0 Å². The maximum atomic E-state index is 13.2. The zero-order valence-corrected chi connectivity index (χ0v) is 17.2. The molecule has 5 aromatic rings. The zero-order valence-electron chi connectivity index (χ0n) is 17.2. The molecule has 0 bridgehead atoms. The lowest BCUT2D eigenvalue weighted by atomic mass is 10.1. The molecule has 0 saturated carbocycles. The van der Waals surface area contributed by atoms with E-state index < -0.39 is 0 Å². The molecule has 5 rings (SSSR count). The van der Waals surface area contributed by atoms with E-state index in [0.717, 1.165) is 51.9 Å². The van der Waals surface area contributed by atoms with Crippen LogP contribution in [0.3, 0.4) is 0 Å². The number of hydrogen-bond acceptors (Lipinski definition) is 5. The monoisotopic (exact) mass is 415 g/mol. The van der Waals surface area contributed by atoms with Gasteiger partial charge in [-0.1, -0.05) is 30.3 Å². The standard InChI is InChI=1S/C24H22FN5O/c1-2-5-21-28-22-23(18-6-3-4-7-19(18)27-24(22)26)30(21)13-12-17-14-20(29-31-17)15-8-10-16(25)11-9-15/h3-4,6-11,14H,2,5,12-13H2,1H3,(H2,26,27). The molecule has 0 amide bonds. The van der Waals surface area contributed by atoms with Crippen LogP contribution in [0.4, 0.5) is 10.2 Å². The molecular formula is C24H22FN5O. The third-order valence-corrected chi connectivity index (χ3v) is 5.44. The van der Waals surface area contributed by atoms with Crippen LogP contribution in [-0.2, 0) is 19.4 Å². The van der Waals surface area contributed by atoms with Gasteiger partial charge in [0.05, 0.1) is 11.0 Å². The van der Waals surface area contributed by atoms with Gasteiger partial charge in [-0.15, -0.1) is 0 Å². The minimum atomic E-state index is -0.274. The highest BCUT2D eigenvalue weighted by Crippen LogP contribution is 2.29. The lowest BCUT2D eigenvalue weighted by molar-refractivity contribution is 0.379. The van der Waals surface area contributed by atoms with Crippen molar-refractivity contribution in [3.05, 3.63) is 72.0 Å². The van der Waals surface area contributed by atoms with Gasteiger partial charge in [-0.25, -0.2) is 14.4 Å². The quantitative estimate of drug-likeness (QED) is 0.414. The maximum Gasteiger partial charge on any atom is 0.152 e. The summed E-state index contributed by atoms with van der Waals surface area (Å²) >= 11 is 0. The van der Waals surface area contributed by atoms with Crippen LogP contribution in [0.5, 0.6) is 0 Å². The molecule has 2 aromatic carbocycles. The molecular weight excluding hydrogens is 393 g/mol. The molecule has 0 aliphatic rings. The van der Waals surface area contributed by atoms with Crippen molar-refractivity contribution < 1.29 is 8.91 Å². The van der Waals surface area contributed by atoms with Crippen molar-refractivity contribution in [1.82, 2.24) is 19.7 Å².